The molecule has 0 radical (unpaired) electrons. The second kappa shape index (κ2) is 10.5. The standard InChI is InChI=1S/C29H34N4O6S/c1-4-32-23-14-7-6-13-22(23)29(28(32)37)24(26(35)27(36)33(29)18-17-30(2)3)25(34)20-11-10-12-21(19-20)40(38,39)31-15-8-5-9-16-31/h6-7,10-14,19,34H,4-5,8-9,15-18H2,1-3H3/b25-24-. The highest BCUT2D eigenvalue weighted by Crippen LogP contribution is 2.53. The number of hydrogen-bond donors (Lipinski definition) is 1. The van der Waals surface area contributed by atoms with Gasteiger partial charge >= 0.3 is 0 Å². The minimum Gasteiger partial charge on any atom is -0.507 e. The van der Waals surface area contributed by atoms with Gasteiger partial charge < -0.3 is 19.8 Å². The van der Waals surface area contributed by atoms with Gasteiger partial charge in [0.2, 0.25) is 10.0 Å². The van der Waals surface area contributed by atoms with Gasteiger partial charge in [0, 0.05) is 43.9 Å². The van der Waals surface area contributed by atoms with E-state index < -0.39 is 38.9 Å². The summed E-state index contributed by atoms with van der Waals surface area (Å²) in [6.45, 7) is 3.35. The fourth-order valence-electron chi connectivity index (χ4n) is 5.98. The zero-order valence-electron chi connectivity index (χ0n) is 23.0. The predicted octanol–water partition coefficient (Wildman–Crippen LogP) is 2.37. The average Bonchev–Trinajstić information content (AvgIpc) is 3.34. The topological polar surface area (TPSA) is 119 Å². The Hall–Kier alpha value is -3.54. The number of carbonyl (C=O) groups is 3. The quantitative estimate of drug-likeness (QED) is 0.311. The number of amides is 2. The number of likely N-dealkylation sites (N-methyl/N-ethyl adjacent to an activating group) is 2. The lowest BCUT2D eigenvalue weighted by molar-refractivity contribution is -0.143. The molecule has 0 aromatic heterocycles. The Balaban J connectivity index is 1.72. The van der Waals surface area contributed by atoms with Crippen molar-refractivity contribution >= 4 is 39.1 Å². The number of rotatable bonds is 7. The van der Waals surface area contributed by atoms with Crippen LogP contribution in [0.1, 0.15) is 37.3 Å². The van der Waals surface area contributed by atoms with Crippen molar-refractivity contribution in [1.29, 1.82) is 0 Å². The smallest absolute Gasteiger partial charge is 0.296 e. The number of carbonyl (C=O) groups excluding carboxylic acids is 3. The Morgan fingerprint density at radius 3 is 2.38 bits per heavy atom. The summed E-state index contributed by atoms with van der Waals surface area (Å²) in [7, 11) is -0.198. The van der Waals surface area contributed by atoms with Crippen LogP contribution in [0.25, 0.3) is 5.76 Å². The number of nitrogens with zero attached hydrogens (tertiary/aromatic N) is 4. The van der Waals surface area contributed by atoms with E-state index in [-0.39, 0.29) is 22.6 Å². The molecule has 1 N–H and O–H groups in total. The lowest BCUT2D eigenvalue weighted by atomic mass is 9.82. The number of benzene rings is 2. The maximum Gasteiger partial charge on any atom is 0.296 e. The number of para-hydroxylation sites is 1. The van der Waals surface area contributed by atoms with Crippen LogP contribution in [0.4, 0.5) is 5.69 Å². The zero-order chi connectivity index (χ0) is 28.8. The number of fused-ring (bicyclic) bond motifs is 2. The van der Waals surface area contributed by atoms with Crippen molar-refractivity contribution in [3.63, 3.8) is 0 Å². The van der Waals surface area contributed by atoms with Crippen LogP contribution in [0.15, 0.2) is 59.0 Å². The Morgan fingerprint density at radius 2 is 1.70 bits per heavy atom. The largest absolute Gasteiger partial charge is 0.507 e. The van der Waals surface area contributed by atoms with Gasteiger partial charge in [0.1, 0.15) is 5.76 Å². The molecule has 3 aliphatic rings. The number of ketones is 1. The Morgan fingerprint density at radius 1 is 1.00 bits per heavy atom. The van der Waals surface area contributed by atoms with Crippen LogP contribution in [0, 0.1) is 0 Å². The lowest BCUT2D eigenvalue weighted by Crippen LogP contribution is -2.53. The van der Waals surface area contributed by atoms with Crippen molar-refractivity contribution in [1.82, 2.24) is 14.1 Å². The average molecular weight is 567 g/mol. The molecule has 1 atom stereocenters. The van der Waals surface area contributed by atoms with Crippen LogP contribution in [0.2, 0.25) is 0 Å². The van der Waals surface area contributed by atoms with Crippen LogP contribution in [0.5, 0.6) is 0 Å². The molecule has 10 nitrogen and oxygen atoms in total. The summed E-state index contributed by atoms with van der Waals surface area (Å²) in [6, 6.07) is 12.7. The zero-order valence-corrected chi connectivity index (χ0v) is 23.8. The van der Waals surface area contributed by atoms with Gasteiger partial charge in [-0.25, -0.2) is 8.42 Å². The Bertz CT molecular complexity index is 1510. The monoisotopic (exact) mass is 566 g/mol. The molecule has 5 rings (SSSR count). The van der Waals surface area contributed by atoms with E-state index in [9.17, 15) is 27.9 Å². The van der Waals surface area contributed by atoms with Crippen molar-refractivity contribution in [3.05, 3.63) is 65.2 Å². The maximum atomic E-state index is 14.3. The summed E-state index contributed by atoms with van der Waals surface area (Å²) < 4.78 is 28.2. The number of likely N-dealkylation sites (tertiary alicyclic amines) is 1. The van der Waals surface area contributed by atoms with Crippen molar-refractivity contribution in [2.75, 3.05) is 51.7 Å². The molecule has 0 saturated carbocycles. The van der Waals surface area contributed by atoms with Crippen molar-refractivity contribution in [2.45, 2.75) is 36.6 Å². The van der Waals surface area contributed by atoms with Gasteiger partial charge in [-0.3, -0.25) is 14.4 Å². The molecule has 11 heteroatoms. The molecule has 1 unspecified atom stereocenters. The Labute approximate surface area is 234 Å². The first kappa shape index (κ1) is 28.0. The highest BCUT2D eigenvalue weighted by atomic mass is 32.2. The van der Waals surface area contributed by atoms with Crippen molar-refractivity contribution in [2.24, 2.45) is 0 Å². The van der Waals surface area contributed by atoms with Gasteiger partial charge in [0.25, 0.3) is 17.6 Å². The fourth-order valence-corrected chi connectivity index (χ4v) is 7.55. The molecule has 1 spiro atoms. The van der Waals surface area contributed by atoms with Crippen LogP contribution >= 0.6 is 0 Å². The third kappa shape index (κ3) is 4.15. The predicted molar refractivity (Wildman–Crippen MR) is 150 cm³/mol. The number of aliphatic hydroxyl groups is 1. The molecule has 212 valence electrons. The second-order valence-corrected chi connectivity index (χ2v) is 12.5. The minimum atomic E-state index is -3.84. The molecule has 40 heavy (non-hydrogen) atoms. The van der Waals surface area contributed by atoms with Gasteiger partial charge in [-0.1, -0.05) is 36.8 Å². The van der Waals surface area contributed by atoms with E-state index in [1.165, 1.54) is 38.4 Å². The number of anilines is 1. The summed E-state index contributed by atoms with van der Waals surface area (Å²) in [6.07, 6.45) is 2.50. The van der Waals surface area contributed by atoms with Gasteiger partial charge in [-0.15, -0.1) is 0 Å². The van der Waals surface area contributed by atoms with Gasteiger partial charge in [-0.05, 0) is 52.1 Å². The summed E-state index contributed by atoms with van der Waals surface area (Å²) in [5.41, 5.74) is -1.19. The van der Waals surface area contributed by atoms with E-state index in [4.69, 9.17) is 0 Å². The second-order valence-electron chi connectivity index (χ2n) is 10.6. The van der Waals surface area contributed by atoms with E-state index >= 15 is 0 Å². The van der Waals surface area contributed by atoms with Crippen LogP contribution in [-0.2, 0) is 29.9 Å². The van der Waals surface area contributed by atoms with E-state index in [1.807, 2.05) is 19.0 Å². The van der Waals surface area contributed by atoms with Crippen LogP contribution in [0.3, 0.4) is 0 Å². The molecule has 3 aliphatic heterocycles. The molecule has 3 heterocycles. The first-order valence-electron chi connectivity index (χ1n) is 13.5. The van der Waals surface area contributed by atoms with E-state index in [0.717, 1.165) is 19.3 Å². The number of aliphatic hydroxyl groups excluding tert-OH is 1. The third-order valence-corrected chi connectivity index (χ3v) is 9.85. The third-order valence-electron chi connectivity index (χ3n) is 7.96. The van der Waals surface area contributed by atoms with Gasteiger partial charge in [-0.2, -0.15) is 4.31 Å². The first-order chi connectivity index (χ1) is 19.1. The van der Waals surface area contributed by atoms with E-state index in [2.05, 4.69) is 0 Å². The Kier molecular flexibility index (Phi) is 7.32. The number of Topliss-reactive ketones (excluding diaryl/α,β-unsaturated/α-hetero) is 1. The maximum absolute atomic E-state index is 14.3. The molecule has 2 aromatic carbocycles. The number of hydrogen-bond acceptors (Lipinski definition) is 7. The number of sulfonamides is 1. The van der Waals surface area contributed by atoms with Crippen LogP contribution < -0.4 is 4.90 Å². The summed E-state index contributed by atoms with van der Waals surface area (Å²) >= 11 is 0. The lowest BCUT2D eigenvalue weighted by Gasteiger charge is -2.35. The first-order valence-corrected chi connectivity index (χ1v) is 15.0. The molecular weight excluding hydrogens is 532 g/mol. The normalized spacial score (nSPS) is 23.1. The van der Waals surface area contributed by atoms with Gasteiger partial charge in [0.15, 0.2) is 5.54 Å². The molecule has 2 amide bonds. The SMILES string of the molecule is CCN1C(=O)C2(/C(=C(\O)c3cccc(S(=O)(=O)N4CCCCC4)c3)C(=O)C(=O)N2CCN(C)C)c2ccccc21. The molecule has 0 bridgehead atoms. The molecular formula is C29H34N4O6S. The molecule has 0 aliphatic carbocycles. The van der Waals surface area contributed by atoms with E-state index in [1.54, 1.807) is 31.2 Å². The van der Waals surface area contributed by atoms with Crippen molar-refractivity contribution < 1.29 is 27.9 Å². The molecule has 2 aromatic rings. The number of piperidine rings is 1. The molecule has 2 saturated heterocycles. The van der Waals surface area contributed by atoms with E-state index in [0.29, 0.717) is 37.4 Å². The van der Waals surface area contributed by atoms with Crippen molar-refractivity contribution in [3.8, 4) is 0 Å². The highest BCUT2D eigenvalue weighted by Gasteiger charge is 2.66. The summed E-state index contributed by atoms with van der Waals surface area (Å²) in [5, 5.41) is 11.7. The highest BCUT2D eigenvalue weighted by molar-refractivity contribution is 7.89. The summed E-state index contributed by atoms with van der Waals surface area (Å²) in [4.78, 5) is 46.1. The van der Waals surface area contributed by atoms with Crippen LogP contribution in [-0.4, -0.2) is 92.0 Å². The minimum absolute atomic E-state index is 0.0253. The molecule has 2 fully saturated rings. The van der Waals surface area contributed by atoms with Gasteiger partial charge in [0.05, 0.1) is 16.2 Å². The summed E-state index contributed by atoms with van der Waals surface area (Å²) in [5.74, 6) is -2.96. The fraction of sp³-hybridized carbons (Fsp3) is 0.414.